The van der Waals surface area contributed by atoms with E-state index in [1.165, 1.54) is 5.56 Å². The number of rotatable bonds is 6. The van der Waals surface area contributed by atoms with Gasteiger partial charge in [0, 0.05) is 31.2 Å². The Morgan fingerprint density at radius 1 is 1.08 bits per heavy atom. The first kappa shape index (κ1) is 17.9. The molecule has 1 aliphatic heterocycles. The molecule has 2 aromatic rings. The lowest BCUT2D eigenvalue weighted by atomic mass is 10.1. The Hall–Kier alpha value is -1.88. The highest BCUT2D eigenvalue weighted by Crippen LogP contribution is 2.15. The topological polar surface area (TPSA) is 41.6 Å². The van der Waals surface area contributed by atoms with Crippen LogP contribution >= 0.6 is 11.6 Å². The van der Waals surface area contributed by atoms with Crippen molar-refractivity contribution < 1.29 is 9.53 Å². The highest BCUT2D eigenvalue weighted by Gasteiger charge is 2.11. The molecule has 0 spiro atoms. The van der Waals surface area contributed by atoms with E-state index in [1.807, 2.05) is 30.3 Å². The van der Waals surface area contributed by atoms with E-state index < -0.39 is 0 Å². The molecule has 0 atom stereocenters. The molecule has 0 radical (unpaired) electrons. The number of hydrogen-bond acceptors (Lipinski definition) is 3. The zero-order valence-corrected chi connectivity index (χ0v) is 15.0. The fourth-order valence-electron chi connectivity index (χ4n) is 2.93. The second kappa shape index (κ2) is 8.99. The van der Waals surface area contributed by atoms with E-state index in [9.17, 15) is 4.79 Å². The van der Waals surface area contributed by atoms with Crippen LogP contribution in [-0.4, -0.2) is 37.1 Å². The van der Waals surface area contributed by atoms with Gasteiger partial charge in [0.2, 0.25) is 5.91 Å². The molecule has 25 heavy (non-hydrogen) atoms. The largest absolute Gasteiger partial charge is 0.379 e. The lowest BCUT2D eigenvalue weighted by Gasteiger charge is -2.26. The number of halogens is 1. The van der Waals surface area contributed by atoms with Crippen LogP contribution in [0.1, 0.15) is 16.7 Å². The van der Waals surface area contributed by atoms with Gasteiger partial charge in [-0.05, 0) is 22.8 Å². The molecule has 0 unspecified atom stereocenters. The number of nitrogens with one attached hydrogen (secondary N) is 1. The number of hydrogen-bond donors (Lipinski definition) is 1. The third-order valence-corrected chi connectivity index (χ3v) is 4.67. The lowest BCUT2D eigenvalue weighted by Crippen LogP contribution is -2.35. The Labute approximate surface area is 153 Å². The smallest absolute Gasteiger partial charge is 0.224 e. The Morgan fingerprint density at radius 3 is 2.64 bits per heavy atom. The molecule has 1 aliphatic rings. The zero-order chi connectivity index (χ0) is 17.5. The van der Waals surface area contributed by atoms with Gasteiger partial charge in [-0.15, -0.1) is 0 Å². The first-order chi connectivity index (χ1) is 12.2. The van der Waals surface area contributed by atoms with Crippen molar-refractivity contribution in [2.45, 2.75) is 19.5 Å². The van der Waals surface area contributed by atoms with E-state index in [2.05, 4.69) is 22.3 Å². The third kappa shape index (κ3) is 5.56. The SMILES string of the molecule is O=C(Cc1ccccc1Cl)NCc1cccc(CN2CCOCC2)c1. The van der Waals surface area contributed by atoms with Crippen LogP contribution in [0.25, 0.3) is 0 Å². The summed E-state index contributed by atoms with van der Waals surface area (Å²) in [6.07, 6.45) is 0.299. The average Bonchev–Trinajstić information content (AvgIpc) is 2.63. The third-order valence-electron chi connectivity index (χ3n) is 4.30. The van der Waals surface area contributed by atoms with E-state index in [0.29, 0.717) is 18.0 Å². The van der Waals surface area contributed by atoms with Gasteiger partial charge in [-0.25, -0.2) is 0 Å². The van der Waals surface area contributed by atoms with Gasteiger partial charge >= 0.3 is 0 Å². The Kier molecular flexibility index (Phi) is 6.45. The summed E-state index contributed by atoms with van der Waals surface area (Å²) >= 11 is 6.11. The Bertz CT molecular complexity index is 714. The van der Waals surface area contributed by atoms with Crippen LogP contribution in [-0.2, 0) is 29.0 Å². The van der Waals surface area contributed by atoms with Crippen LogP contribution in [0.15, 0.2) is 48.5 Å². The van der Waals surface area contributed by atoms with Crippen LogP contribution in [0.3, 0.4) is 0 Å². The quantitative estimate of drug-likeness (QED) is 0.863. The summed E-state index contributed by atoms with van der Waals surface area (Å²) in [6.45, 7) is 5.00. The van der Waals surface area contributed by atoms with Crippen molar-refractivity contribution >= 4 is 17.5 Å². The maximum Gasteiger partial charge on any atom is 0.224 e. The molecule has 0 saturated carbocycles. The van der Waals surface area contributed by atoms with Gasteiger partial charge in [-0.3, -0.25) is 9.69 Å². The number of morpholine rings is 1. The minimum Gasteiger partial charge on any atom is -0.379 e. The number of ether oxygens (including phenoxy) is 1. The zero-order valence-electron chi connectivity index (χ0n) is 14.2. The predicted octanol–water partition coefficient (Wildman–Crippen LogP) is 3.03. The van der Waals surface area contributed by atoms with Crippen molar-refractivity contribution in [3.8, 4) is 0 Å². The Balaban J connectivity index is 1.51. The standard InChI is InChI=1S/C20H23ClN2O2/c21-19-7-2-1-6-18(19)13-20(24)22-14-16-4-3-5-17(12-16)15-23-8-10-25-11-9-23/h1-7,12H,8-11,13-15H2,(H,22,24). The van der Waals surface area contributed by atoms with E-state index >= 15 is 0 Å². The van der Waals surface area contributed by atoms with Crippen molar-refractivity contribution in [2.24, 2.45) is 0 Å². The lowest BCUT2D eigenvalue weighted by molar-refractivity contribution is -0.120. The van der Waals surface area contributed by atoms with Gasteiger partial charge in [-0.1, -0.05) is 54.1 Å². The maximum absolute atomic E-state index is 12.1. The van der Waals surface area contributed by atoms with Crippen molar-refractivity contribution in [2.75, 3.05) is 26.3 Å². The molecule has 1 N–H and O–H groups in total. The minimum atomic E-state index is -0.0216. The molecular formula is C20H23ClN2O2. The fraction of sp³-hybridized carbons (Fsp3) is 0.350. The van der Waals surface area contributed by atoms with E-state index in [4.69, 9.17) is 16.3 Å². The molecule has 2 aromatic carbocycles. The Morgan fingerprint density at radius 2 is 1.84 bits per heavy atom. The van der Waals surface area contributed by atoms with Crippen LogP contribution in [0.4, 0.5) is 0 Å². The van der Waals surface area contributed by atoms with Gasteiger partial charge in [0.25, 0.3) is 0 Å². The van der Waals surface area contributed by atoms with Crippen molar-refractivity contribution in [1.29, 1.82) is 0 Å². The molecular weight excluding hydrogens is 336 g/mol. The average molecular weight is 359 g/mol. The molecule has 1 heterocycles. The molecule has 132 valence electrons. The molecule has 5 heteroatoms. The van der Waals surface area contributed by atoms with Crippen molar-refractivity contribution in [3.05, 3.63) is 70.2 Å². The molecule has 4 nitrogen and oxygen atoms in total. The number of carbonyl (C=O) groups excluding carboxylic acids is 1. The summed E-state index contributed by atoms with van der Waals surface area (Å²) in [5.41, 5.74) is 3.22. The second-order valence-corrected chi connectivity index (χ2v) is 6.66. The van der Waals surface area contributed by atoms with Gasteiger partial charge in [-0.2, -0.15) is 0 Å². The van der Waals surface area contributed by atoms with Crippen LogP contribution in [0, 0.1) is 0 Å². The first-order valence-corrected chi connectivity index (χ1v) is 8.96. The summed E-state index contributed by atoms with van der Waals surface area (Å²) < 4.78 is 5.38. The molecule has 1 saturated heterocycles. The number of carbonyl (C=O) groups is 1. The van der Waals surface area contributed by atoms with Crippen molar-refractivity contribution in [3.63, 3.8) is 0 Å². The molecule has 0 bridgehead atoms. The molecule has 1 fully saturated rings. The van der Waals surface area contributed by atoms with Gasteiger partial charge in [0.15, 0.2) is 0 Å². The van der Waals surface area contributed by atoms with Crippen LogP contribution < -0.4 is 5.32 Å². The highest BCUT2D eigenvalue weighted by atomic mass is 35.5. The van der Waals surface area contributed by atoms with Crippen LogP contribution in [0.2, 0.25) is 5.02 Å². The number of amides is 1. The van der Waals surface area contributed by atoms with Gasteiger partial charge in [0.1, 0.15) is 0 Å². The maximum atomic E-state index is 12.1. The summed E-state index contributed by atoms with van der Waals surface area (Å²) in [4.78, 5) is 14.5. The van der Waals surface area contributed by atoms with Gasteiger partial charge in [0.05, 0.1) is 19.6 Å². The monoisotopic (exact) mass is 358 g/mol. The van der Waals surface area contributed by atoms with E-state index in [1.54, 1.807) is 6.07 Å². The predicted molar refractivity (Wildman–Crippen MR) is 99.5 cm³/mol. The minimum absolute atomic E-state index is 0.0216. The first-order valence-electron chi connectivity index (χ1n) is 8.59. The van der Waals surface area contributed by atoms with E-state index in [-0.39, 0.29) is 5.91 Å². The molecule has 0 aromatic heterocycles. The molecule has 3 rings (SSSR count). The van der Waals surface area contributed by atoms with Crippen LogP contribution in [0.5, 0.6) is 0 Å². The van der Waals surface area contributed by atoms with Crippen molar-refractivity contribution in [1.82, 2.24) is 10.2 Å². The fourth-order valence-corrected chi connectivity index (χ4v) is 3.14. The second-order valence-electron chi connectivity index (χ2n) is 6.25. The summed E-state index contributed by atoms with van der Waals surface area (Å²) in [6, 6.07) is 15.8. The molecule has 0 aliphatic carbocycles. The number of nitrogens with zero attached hydrogens (tertiary/aromatic N) is 1. The van der Waals surface area contributed by atoms with E-state index in [0.717, 1.165) is 44.0 Å². The molecule has 1 amide bonds. The normalized spacial score (nSPS) is 15.1. The van der Waals surface area contributed by atoms with Gasteiger partial charge < -0.3 is 10.1 Å². The summed E-state index contributed by atoms with van der Waals surface area (Å²) in [7, 11) is 0. The summed E-state index contributed by atoms with van der Waals surface area (Å²) in [5, 5.41) is 3.60. The summed E-state index contributed by atoms with van der Waals surface area (Å²) in [5.74, 6) is -0.0216. The highest BCUT2D eigenvalue weighted by molar-refractivity contribution is 6.31. The number of benzene rings is 2.